The summed E-state index contributed by atoms with van der Waals surface area (Å²) in [5.74, 6) is -1.31. The molecule has 5 rings (SSSR count). The number of primary sulfonamides is 1. The molecule has 0 radical (unpaired) electrons. The molecule has 0 aliphatic carbocycles. The summed E-state index contributed by atoms with van der Waals surface area (Å²) in [6, 6.07) is 15.7. The third-order valence-corrected chi connectivity index (χ3v) is 7.38. The molecule has 3 aromatic carbocycles. The van der Waals surface area contributed by atoms with Crippen LogP contribution in [0.2, 0.25) is 5.02 Å². The van der Waals surface area contributed by atoms with Crippen LogP contribution in [0.15, 0.2) is 81.6 Å². The number of halogens is 2. The summed E-state index contributed by atoms with van der Waals surface area (Å²) in [7, 11) is -3.88. The number of amides is 1. The molecule has 0 atom stereocenters. The van der Waals surface area contributed by atoms with Crippen LogP contribution < -0.4 is 20.5 Å². The Kier molecular flexibility index (Phi) is 5.64. The molecule has 1 amide bonds. The highest BCUT2D eigenvalue weighted by Crippen LogP contribution is 2.31. The zero-order chi connectivity index (χ0) is 24.9. The van der Waals surface area contributed by atoms with E-state index < -0.39 is 21.7 Å². The average Bonchev–Trinajstić information content (AvgIpc) is 3.29. The molecule has 2 heterocycles. The van der Waals surface area contributed by atoms with E-state index in [0.717, 1.165) is 11.3 Å². The van der Waals surface area contributed by atoms with Gasteiger partial charge >= 0.3 is 0 Å². The molecule has 176 valence electrons. The quantitative estimate of drug-likeness (QED) is 0.421. The Morgan fingerprint density at radius 1 is 1.06 bits per heavy atom. The van der Waals surface area contributed by atoms with Crippen LogP contribution in [0.3, 0.4) is 0 Å². The van der Waals surface area contributed by atoms with Gasteiger partial charge in [0.15, 0.2) is 4.80 Å². The zero-order valence-electron chi connectivity index (χ0n) is 17.5. The number of nitrogens with zero attached hydrogens (tertiary/aromatic N) is 3. The van der Waals surface area contributed by atoms with E-state index in [1.807, 2.05) is 0 Å². The summed E-state index contributed by atoms with van der Waals surface area (Å²) < 4.78 is 38.0. The molecule has 1 aromatic heterocycles. The third-order valence-electron chi connectivity index (χ3n) is 5.17. The van der Waals surface area contributed by atoms with Crippen molar-refractivity contribution in [2.45, 2.75) is 4.90 Å². The van der Waals surface area contributed by atoms with Crippen LogP contribution in [0.25, 0.3) is 11.3 Å². The molecule has 8 nitrogen and oxygen atoms in total. The molecular weight excluding hydrogens is 515 g/mol. The lowest BCUT2D eigenvalue weighted by Gasteiger charge is -2.06. The summed E-state index contributed by atoms with van der Waals surface area (Å²) in [6.07, 6.45) is 0. The molecule has 1 aliphatic heterocycles. The van der Waals surface area contributed by atoms with E-state index in [-0.39, 0.29) is 26.0 Å². The molecule has 0 unspecified atom stereocenters. The van der Waals surface area contributed by atoms with E-state index in [1.165, 1.54) is 53.1 Å². The van der Waals surface area contributed by atoms with Crippen LogP contribution in [0.4, 0.5) is 10.1 Å². The second-order valence-electron chi connectivity index (χ2n) is 7.45. The fourth-order valence-electron chi connectivity index (χ4n) is 3.56. The number of aromatic nitrogens is 1. The molecule has 4 aromatic rings. The van der Waals surface area contributed by atoms with Gasteiger partial charge in [-0.1, -0.05) is 22.9 Å². The lowest BCUT2D eigenvalue weighted by molar-refractivity contribution is -0.112. The summed E-state index contributed by atoms with van der Waals surface area (Å²) in [4.78, 5) is 21.7. The number of aromatic hydroxyl groups is 1. The Morgan fingerprint density at radius 2 is 1.74 bits per heavy atom. The monoisotopic (exact) mass is 528 g/mol. The lowest BCUT2D eigenvalue weighted by atomic mass is 10.1. The minimum Gasteiger partial charge on any atom is -0.493 e. The summed E-state index contributed by atoms with van der Waals surface area (Å²) in [5.41, 5.74) is 0.907. The van der Waals surface area contributed by atoms with Crippen LogP contribution in [0.1, 0.15) is 4.88 Å². The second kappa shape index (κ2) is 8.54. The maximum atomic E-state index is 13.6. The van der Waals surface area contributed by atoms with Gasteiger partial charge in [0, 0.05) is 10.2 Å². The van der Waals surface area contributed by atoms with Gasteiger partial charge < -0.3 is 5.11 Å². The molecule has 0 spiro atoms. The maximum absolute atomic E-state index is 13.6. The van der Waals surface area contributed by atoms with Crippen LogP contribution in [-0.4, -0.2) is 24.0 Å². The van der Waals surface area contributed by atoms with Gasteiger partial charge in [-0.05, 0) is 66.7 Å². The molecule has 0 fully saturated rings. The standard InChI is InChI=1S/C23H14ClFN4O4S2/c24-12-1-10-18-17(11-12)19(21(30)28-18)20-22(31)29(15-6-2-13(25)3-7-15)23(34-20)27-14-4-8-16(9-5-14)35(26,32)33/h1-11,31H,(H2,26,32,33). The number of sulfonamides is 1. The van der Waals surface area contributed by atoms with Gasteiger partial charge in [0.05, 0.1) is 27.2 Å². The topological polar surface area (TPSA) is 127 Å². The fraction of sp³-hybridized carbons (Fsp3) is 0. The first-order valence-electron chi connectivity index (χ1n) is 9.93. The Hall–Kier alpha value is -3.64. The third kappa shape index (κ3) is 4.30. The minimum absolute atomic E-state index is 0.0835. The van der Waals surface area contributed by atoms with E-state index in [0.29, 0.717) is 27.0 Å². The number of nitrogens with two attached hydrogens (primary N) is 1. The average molecular weight is 529 g/mol. The highest BCUT2D eigenvalue weighted by Gasteiger charge is 2.26. The van der Waals surface area contributed by atoms with Crippen LogP contribution in [0, 0.1) is 5.82 Å². The predicted octanol–water partition coefficient (Wildman–Crippen LogP) is 2.28. The van der Waals surface area contributed by atoms with Crippen molar-refractivity contribution in [2.75, 3.05) is 0 Å². The Labute approximate surface area is 206 Å². The highest BCUT2D eigenvalue weighted by molar-refractivity contribution is 7.89. The van der Waals surface area contributed by atoms with Crippen molar-refractivity contribution >= 4 is 50.1 Å². The van der Waals surface area contributed by atoms with Crippen molar-refractivity contribution in [1.82, 2.24) is 4.57 Å². The number of benzene rings is 3. The van der Waals surface area contributed by atoms with Gasteiger partial charge in [0.2, 0.25) is 15.9 Å². The van der Waals surface area contributed by atoms with E-state index >= 15 is 0 Å². The maximum Gasteiger partial charge on any atom is 0.279 e. The Morgan fingerprint density at radius 3 is 2.40 bits per heavy atom. The molecule has 0 bridgehead atoms. The molecule has 12 heteroatoms. The SMILES string of the molecule is NS(=O)(=O)c1ccc(N=c2sc(C3=c4cc(Cl)ccc4=NC3=O)c(O)n2-c2ccc(F)cc2)cc1. The highest BCUT2D eigenvalue weighted by atomic mass is 35.5. The van der Waals surface area contributed by atoms with Crippen molar-refractivity contribution in [1.29, 1.82) is 0 Å². The van der Waals surface area contributed by atoms with Crippen LogP contribution in [-0.2, 0) is 14.8 Å². The van der Waals surface area contributed by atoms with Crippen molar-refractivity contribution < 1.29 is 22.7 Å². The van der Waals surface area contributed by atoms with Gasteiger partial charge in [-0.25, -0.2) is 27.9 Å². The summed E-state index contributed by atoms with van der Waals surface area (Å²) >= 11 is 7.14. The number of rotatable bonds is 4. The van der Waals surface area contributed by atoms with E-state index in [9.17, 15) is 22.7 Å². The number of carbonyl (C=O) groups excluding carboxylic acids is 1. The molecular formula is C23H14ClFN4O4S2. The fourth-order valence-corrected chi connectivity index (χ4v) is 5.35. The van der Waals surface area contributed by atoms with Gasteiger partial charge in [-0.15, -0.1) is 0 Å². The Balaban J connectivity index is 1.78. The number of hydrogen-bond donors (Lipinski definition) is 2. The largest absolute Gasteiger partial charge is 0.493 e. The zero-order valence-corrected chi connectivity index (χ0v) is 19.9. The normalized spacial score (nSPS) is 13.7. The number of carbonyl (C=O) groups is 1. The van der Waals surface area contributed by atoms with Crippen molar-refractivity contribution in [3.63, 3.8) is 0 Å². The van der Waals surface area contributed by atoms with E-state index in [4.69, 9.17) is 16.7 Å². The molecule has 3 N–H and O–H groups in total. The predicted molar refractivity (Wildman–Crippen MR) is 128 cm³/mol. The molecule has 35 heavy (non-hydrogen) atoms. The first-order chi connectivity index (χ1) is 16.6. The Bertz CT molecular complexity index is 1810. The number of thiazole rings is 1. The van der Waals surface area contributed by atoms with Gasteiger partial charge in [-0.3, -0.25) is 9.36 Å². The van der Waals surface area contributed by atoms with Gasteiger partial charge in [0.1, 0.15) is 10.7 Å². The van der Waals surface area contributed by atoms with Crippen LogP contribution in [0.5, 0.6) is 5.88 Å². The van der Waals surface area contributed by atoms with E-state index in [2.05, 4.69) is 9.98 Å². The number of fused-ring (bicyclic) bond motifs is 1. The van der Waals surface area contributed by atoms with Crippen LogP contribution >= 0.6 is 22.9 Å². The number of hydrogen-bond acceptors (Lipinski definition) is 6. The second-order valence-corrected chi connectivity index (χ2v) is 10.4. The first-order valence-corrected chi connectivity index (χ1v) is 12.7. The van der Waals surface area contributed by atoms with Crippen molar-refractivity contribution in [3.05, 3.63) is 97.8 Å². The smallest absolute Gasteiger partial charge is 0.279 e. The van der Waals surface area contributed by atoms with Gasteiger partial charge in [-0.2, -0.15) is 0 Å². The molecule has 0 saturated heterocycles. The van der Waals surface area contributed by atoms with Crippen molar-refractivity contribution in [3.8, 4) is 11.6 Å². The molecule has 0 saturated carbocycles. The van der Waals surface area contributed by atoms with Crippen molar-refractivity contribution in [2.24, 2.45) is 15.1 Å². The minimum atomic E-state index is -3.88. The van der Waals surface area contributed by atoms with Gasteiger partial charge in [0.25, 0.3) is 5.91 Å². The molecule has 1 aliphatic rings. The summed E-state index contributed by atoms with van der Waals surface area (Å²) in [6.45, 7) is 0. The lowest BCUT2D eigenvalue weighted by Crippen LogP contribution is -2.22. The van der Waals surface area contributed by atoms with E-state index in [1.54, 1.807) is 18.2 Å². The summed E-state index contributed by atoms with van der Waals surface area (Å²) in [5, 5.41) is 17.6. The first kappa shape index (κ1) is 23.1.